The summed E-state index contributed by atoms with van der Waals surface area (Å²) in [6, 6.07) is 36.8. The molecule has 4 aliphatic carbocycles. The molecule has 4 bridgehead atoms. The van der Waals surface area contributed by atoms with E-state index in [1.165, 1.54) is 124 Å². The van der Waals surface area contributed by atoms with Crippen molar-refractivity contribution in [3.8, 4) is 11.1 Å². The zero-order valence-corrected chi connectivity index (χ0v) is 54.6. The molecule has 3 nitrogen and oxygen atoms in total. The van der Waals surface area contributed by atoms with Crippen molar-refractivity contribution >= 4 is 81.7 Å². The van der Waals surface area contributed by atoms with Crippen LogP contribution in [0.3, 0.4) is 0 Å². The fourth-order valence-corrected chi connectivity index (χ4v) is 19.0. The molecule has 5 heteroatoms. The third-order valence-electron chi connectivity index (χ3n) is 23.3. The number of hydrogen-bond acceptors (Lipinski definition) is 3. The molecule has 7 aromatic rings. The number of furan rings is 1. The second-order valence-corrected chi connectivity index (χ2v) is 39.2. The summed E-state index contributed by atoms with van der Waals surface area (Å²) in [6.45, 7) is 52.5. The summed E-state index contributed by atoms with van der Waals surface area (Å²) in [7, 11) is -1.83. The number of benzene rings is 6. The maximum Gasteiger partial charge on any atom is 0.257 e. The van der Waals surface area contributed by atoms with Gasteiger partial charge < -0.3 is 9.32 Å². The largest absolute Gasteiger partial charge is 0.440 e. The summed E-state index contributed by atoms with van der Waals surface area (Å²) in [6.07, 6.45) is 9.23. The number of anilines is 6. The number of fused-ring (bicyclic) bond motifs is 15. The van der Waals surface area contributed by atoms with Gasteiger partial charge in [0.05, 0.1) is 13.8 Å². The van der Waals surface area contributed by atoms with Gasteiger partial charge in [-0.15, -0.1) is 0 Å². The van der Waals surface area contributed by atoms with Crippen LogP contribution < -0.4 is 31.4 Å². The van der Waals surface area contributed by atoms with E-state index in [4.69, 9.17) is 4.42 Å². The van der Waals surface area contributed by atoms with Crippen molar-refractivity contribution in [3.63, 3.8) is 0 Å². The first-order valence-corrected chi connectivity index (χ1v) is 35.0. The molecular formula is C76H93BN2OSi. The van der Waals surface area contributed by atoms with Crippen molar-refractivity contribution in [2.75, 3.05) is 9.80 Å². The van der Waals surface area contributed by atoms with E-state index >= 15 is 0 Å². The van der Waals surface area contributed by atoms with Gasteiger partial charge >= 0.3 is 0 Å². The molecule has 14 rings (SSSR count). The molecule has 1 aromatic heterocycles. The monoisotopic (exact) mass is 1090 g/mol. The van der Waals surface area contributed by atoms with Gasteiger partial charge in [0.25, 0.3) is 6.71 Å². The predicted octanol–water partition coefficient (Wildman–Crippen LogP) is 18.8. The minimum absolute atomic E-state index is 0.00597. The van der Waals surface area contributed by atoms with Crippen LogP contribution in [0.25, 0.3) is 22.1 Å². The van der Waals surface area contributed by atoms with Crippen molar-refractivity contribution < 1.29 is 4.42 Å². The predicted molar refractivity (Wildman–Crippen MR) is 352 cm³/mol. The SMILES string of the molecule is CC(C)(C)c1cc2c3c(c1)N(c1ccc4c(c1)C(C)(C)CCC4(C)C)c1oc4cc5c(cc4c1B3c1cc3c4cc1N2c1cc2c(cc1-c1ccc([Si](C)(C)C)c(c1)C4(C)CCC3(C)C)C(C)(C)CCC2(C)C)C(C)(C)CCC5(C)C. The van der Waals surface area contributed by atoms with Crippen LogP contribution in [0.1, 0.15) is 232 Å². The molecule has 3 aliphatic heterocycles. The first-order valence-electron chi connectivity index (χ1n) is 31.5. The van der Waals surface area contributed by atoms with E-state index in [2.05, 4.69) is 239 Å². The summed E-state index contributed by atoms with van der Waals surface area (Å²) < 4.78 is 7.85. The Kier molecular flexibility index (Phi) is 10.7. The zero-order chi connectivity index (χ0) is 57.9. The lowest BCUT2D eigenvalue weighted by Gasteiger charge is -2.50. The van der Waals surface area contributed by atoms with Gasteiger partial charge in [-0.2, -0.15) is 0 Å². The molecule has 81 heavy (non-hydrogen) atoms. The minimum atomic E-state index is -1.83. The van der Waals surface area contributed by atoms with Crippen LogP contribution in [0, 0.1) is 0 Å². The average Bonchev–Trinajstić information content (AvgIpc) is 4.05. The molecule has 1 atom stereocenters. The molecule has 0 saturated heterocycles. The highest BCUT2D eigenvalue weighted by Crippen LogP contribution is 2.59. The second-order valence-electron chi connectivity index (χ2n) is 34.1. The fraction of sp³-hybridized carbons (Fsp3) is 0.500. The molecule has 0 fully saturated rings. The topological polar surface area (TPSA) is 19.6 Å². The number of nitrogens with zero attached hydrogens (tertiary/aromatic N) is 2. The van der Waals surface area contributed by atoms with Crippen LogP contribution in [0.4, 0.5) is 34.3 Å². The van der Waals surface area contributed by atoms with E-state index in [9.17, 15) is 0 Å². The molecule has 0 saturated carbocycles. The summed E-state index contributed by atoms with van der Waals surface area (Å²) in [5.74, 6) is 0.987. The molecule has 0 N–H and O–H groups in total. The van der Waals surface area contributed by atoms with Gasteiger partial charge in [-0.05, 0) is 221 Å². The third-order valence-corrected chi connectivity index (χ3v) is 25.3. The van der Waals surface area contributed by atoms with E-state index < -0.39 is 8.07 Å². The molecule has 0 amide bonds. The summed E-state index contributed by atoms with van der Waals surface area (Å²) in [5, 5.41) is 2.88. The molecule has 1 unspecified atom stereocenters. The lowest BCUT2D eigenvalue weighted by molar-refractivity contribution is 0.332. The standard InChI is InChI=1S/C76H93BN2OSi/c1-68(2,3)45-35-61-66-62(36-45)79-59-41-54-51(71(8,9)28-30-73(54,12)13)38-47(59)44-22-25-64(81(19,20)21)57(34-44)76(18)33-32-75(16,17)53-40-58(60(79)42-56(53)76)77(66)65-48-39-52-55(74(14,15)31-29-72(52,10)11)43-63(48)80-67(65)78(61)46-23-24-49-50(37-46)70(6,7)27-26-69(49,4)5/h22-25,34-43H,26-33H2,1-21H3. The van der Waals surface area contributed by atoms with Gasteiger partial charge in [0, 0.05) is 44.6 Å². The van der Waals surface area contributed by atoms with Crippen LogP contribution in [0.5, 0.6) is 0 Å². The van der Waals surface area contributed by atoms with Gasteiger partial charge in [-0.25, -0.2) is 0 Å². The van der Waals surface area contributed by atoms with Crippen LogP contribution >= 0.6 is 0 Å². The van der Waals surface area contributed by atoms with Gasteiger partial charge in [0.1, 0.15) is 5.58 Å². The zero-order valence-electron chi connectivity index (χ0n) is 53.6. The lowest BCUT2D eigenvalue weighted by Crippen LogP contribution is -2.62. The molecule has 0 radical (unpaired) electrons. The normalized spacial score (nSPS) is 23.1. The lowest BCUT2D eigenvalue weighted by atomic mass is 9.33. The maximum atomic E-state index is 7.85. The van der Waals surface area contributed by atoms with Crippen LogP contribution in [0.15, 0.2) is 89.3 Å². The Balaban J connectivity index is 1.19. The highest BCUT2D eigenvalue weighted by Gasteiger charge is 2.53. The van der Waals surface area contributed by atoms with Gasteiger partial charge in [-0.1, -0.05) is 180 Å². The summed E-state index contributed by atoms with van der Waals surface area (Å²) in [4.78, 5) is 5.46. The Morgan fingerprint density at radius 1 is 0.432 bits per heavy atom. The quantitative estimate of drug-likeness (QED) is 0.161. The van der Waals surface area contributed by atoms with E-state index in [1.807, 2.05) is 0 Å². The molecule has 7 aliphatic rings. The average molecular weight is 1090 g/mol. The first kappa shape index (κ1) is 53.7. The molecular weight excluding hydrogens is 996 g/mol. The van der Waals surface area contributed by atoms with Crippen molar-refractivity contribution in [2.24, 2.45) is 0 Å². The van der Waals surface area contributed by atoms with Gasteiger partial charge in [-0.3, -0.25) is 4.90 Å². The van der Waals surface area contributed by atoms with Gasteiger partial charge in [0.2, 0.25) is 5.88 Å². The number of rotatable bonds is 2. The van der Waals surface area contributed by atoms with Crippen LogP contribution in [0.2, 0.25) is 19.6 Å². The summed E-state index contributed by atoms with van der Waals surface area (Å²) >= 11 is 0. The Bertz CT molecular complexity index is 3930. The second kappa shape index (κ2) is 16.1. The van der Waals surface area contributed by atoms with Crippen molar-refractivity contribution in [2.45, 2.75) is 244 Å². The Labute approximate surface area is 489 Å². The van der Waals surface area contributed by atoms with Crippen molar-refractivity contribution in [3.05, 3.63) is 141 Å². The number of hydrogen-bond donors (Lipinski definition) is 0. The third kappa shape index (κ3) is 7.43. The molecule has 4 heterocycles. The van der Waals surface area contributed by atoms with Gasteiger partial charge in [0.15, 0.2) is 0 Å². The smallest absolute Gasteiger partial charge is 0.257 e. The Morgan fingerprint density at radius 2 is 0.926 bits per heavy atom. The van der Waals surface area contributed by atoms with E-state index in [1.54, 1.807) is 10.8 Å². The minimum Gasteiger partial charge on any atom is -0.440 e. The highest BCUT2D eigenvalue weighted by atomic mass is 28.3. The van der Waals surface area contributed by atoms with Crippen LogP contribution in [-0.4, -0.2) is 14.8 Å². The first-order chi connectivity index (χ1) is 37.5. The molecule has 0 spiro atoms. The Hall–Kier alpha value is -5.26. The fourth-order valence-electron chi connectivity index (χ4n) is 17.3. The van der Waals surface area contributed by atoms with Crippen molar-refractivity contribution in [1.29, 1.82) is 0 Å². The highest BCUT2D eigenvalue weighted by molar-refractivity contribution is 7.01. The van der Waals surface area contributed by atoms with E-state index in [0.717, 1.165) is 50.0 Å². The van der Waals surface area contributed by atoms with Crippen molar-refractivity contribution in [1.82, 2.24) is 0 Å². The van der Waals surface area contributed by atoms with Crippen LogP contribution in [-0.2, 0) is 48.7 Å². The Morgan fingerprint density at radius 3 is 1.51 bits per heavy atom. The van der Waals surface area contributed by atoms with E-state index in [-0.39, 0.29) is 55.4 Å². The van der Waals surface area contributed by atoms with E-state index in [0.29, 0.717) is 0 Å². The summed E-state index contributed by atoms with van der Waals surface area (Å²) in [5.41, 5.74) is 28.9. The maximum absolute atomic E-state index is 7.85. The molecule has 420 valence electrons. The molecule has 6 aromatic carbocycles.